The smallest absolute Gasteiger partial charge is 0.258 e. The third-order valence-corrected chi connectivity index (χ3v) is 4.57. The van der Waals surface area contributed by atoms with Crippen molar-refractivity contribution in [3.63, 3.8) is 0 Å². The van der Waals surface area contributed by atoms with Crippen LogP contribution >= 0.6 is 0 Å². The van der Waals surface area contributed by atoms with Gasteiger partial charge in [-0.3, -0.25) is 20.2 Å². The first-order chi connectivity index (χ1) is 13.5. The topological polar surface area (TPSA) is 89.0 Å². The van der Waals surface area contributed by atoms with E-state index in [0.717, 1.165) is 12.0 Å². The summed E-state index contributed by atoms with van der Waals surface area (Å²) in [7, 11) is 3.02. The summed E-state index contributed by atoms with van der Waals surface area (Å²) in [6.45, 7) is 2.09. The fraction of sp³-hybridized carbons (Fsp3) is 0.286. The summed E-state index contributed by atoms with van der Waals surface area (Å²) >= 11 is 0. The molecule has 0 unspecified atom stereocenters. The van der Waals surface area contributed by atoms with Crippen LogP contribution in [0.25, 0.3) is 0 Å². The van der Waals surface area contributed by atoms with Crippen molar-refractivity contribution in [1.82, 2.24) is 10.6 Å². The van der Waals surface area contributed by atoms with Crippen molar-refractivity contribution in [2.75, 3.05) is 14.2 Å². The Morgan fingerprint density at radius 1 is 1.14 bits per heavy atom. The van der Waals surface area contributed by atoms with E-state index in [4.69, 9.17) is 9.47 Å². The van der Waals surface area contributed by atoms with Crippen molar-refractivity contribution in [1.29, 1.82) is 0 Å². The summed E-state index contributed by atoms with van der Waals surface area (Å²) in [5.41, 5.74) is 2.52. The standard InChI is InChI=1S/C21H23N3O4/c1-4-13-5-7-14(8-6-13)16-12-19(25)23-21(22-16)24-20(26)15-9-10-17(27-2)18(11-15)28-3/h5-11,16H,4,12H2,1-3H3,(H2,22,23,24,25,26)/t16-/m1/s1. The number of guanidine groups is 1. The molecule has 1 aliphatic heterocycles. The minimum absolute atomic E-state index is 0.139. The number of aliphatic imine (C=N–C) groups is 1. The summed E-state index contributed by atoms with van der Waals surface area (Å²) < 4.78 is 10.4. The number of hydrogen-bond acceptors (Lipinski definition) is 5. The van der Waals surface area contributed by atoms with E-state index in [9.17, 15) is 9.59 Å². The lowest BCUT2D eigenvalue weighted by molar-refractivity contribution is -0.120. The highest BCUT2D eigenvalue weighted by atomic mass is 16.5. The van der Waals surface area contributed by atoms with Crippen molar-refractivity contribution in [3.8, 4) is 11.5 Å². The first-order valence-electron chi connectivity index (χ1n) is 9.04. The Morgan fingerprint density at radius 3 is 2.50 bits per heavy atom. The molecule has 0 saturated carbocycles. The molecular weight excluding hydrogens is 358 g/mol. The van der Waals surface area contributed by atoms with Crippen LogP contribution in [0.3, 0.4) is 0 Å². The van der Waals surface area contributed by atoms with E-state index in [1.54, 1.807) is 18.2 Å². The molecule has 28 heavy (non-hydrogen) atoms. The molecule has 3 rings (SSSR count). The largest absolute Gasteiger partial charge is 0.493 e. The molecule has 1 atom stereocenters. The van der Waals surface area contributed by atoms with E-state index in [1.807, 2.05) is 24.3 Å². The number of ether oxygens (including phenoxy) is 2. The highest BCUT2D eigenvalue weighted by molar-refractivity contribution is 6.10. The van der Waals surface area contributed by atoms with Crippen molar-refractivity contribution in [3.05, 3.63) is 59.2 Å². The molecule has 0 aromatic heterocycles. The van der Waals surface area contributed by atoms with Crippen molar-refractivity contribution in [2.24, 2.45) is 4.99 Å². The van der Waals surface area contributed by atoms with E-state index >= 15 is 0 Å². The monoisotopic (exact) mass is 381 g/mol. The van der Waals surface area contributed by atoms with E-state index in [0.29, 0.717) is 17.1 Å². The number of rotatable bonds is 5. The van der Waals surface area contributed by atoms with Gasteiger partial charge in [0.1, 0.15) is 0 Å². The Hall–Kier alpha value is -3.35. The van der Waals surface area contributed by atoms with Gasteiger partial charge in [0.15, 0.2) is 11.5 Å². The number of amides is 2. The summed E-state index contributed by atoms with van der Waals surface area (Å²) in [5.74, 6) is 0.515. The molecule has 7 heteroatoms. The van der Waals surface area contributed by atoms with Crippen LogP contribution in [-0.4, -0.2) is 32.0 Å². The van der Waals surface area contributed by atoms with Gasteiger partial charge >= 0.3 is 0 Å². The predicted octanol–water partition coefficient (Wildman–Crippen LogP) is 2.61. The number of hydrogen-bond donors (Lipinski definition) is 2. The van der Waals surface area contributed by atoms with Gasteiger partial charge in [-0.2, -0.15) is 0 Å². The highest BCUT2D eigenvalue weighted by Gasteiger charge is 2.24. The minimum atomic E-state index is -0.401. The number of benzene rings is 2. The second-order valence-corrected chi connectivity index (χ2v) is 6.36. The normalized spacial score (nSPS) is 16.0. The van der Waals surface area contributed by atoms with E-state index in [2.05, 4.69) is 22.5 Å². The van der Waals surface area contributed by atoms with Gasteiger partial charge in [-0.15, -0.1) is 0 Å². The molecule has 0 spiro atoms. The maximum absolute atomic E-state index is 12.6. The minimum Gasteiger partial charge on any atom is -0.493 e. The Morgan fingerprint density at radius 2 is 1.86 bits per heavy atom. The molecule has 146 valence electrons. The zero-order valence-corrected chi connectivity index (χ0v) is 16.1. The van der Waals surface area contributed by atoms with Gasteiger partial charge in [-0.05, 0) is 35.7 Å². The third kappa shape index (κ3) is 4.31. The summed E-state index contributed by atoms with van der Waals surface area (Å²) in [4.78, 5) is 29.2. The molecule has 2 aromatic carbocycles. The molecule has 2 amide bonds. The highest BCUT2D eigenvalue weighted by Crippen LogP contribution is 2.28. The number of carbonyl (C=O) groups excluding carboxylic acids is 2. The van der Waals surface area contributed by atoms with Gasteiger partial charge in [0.2, 0.25) is 11.9 Å². The second-order valence-electron chi connectivity index (χ2n) is 6.36. The first kappa shape index (κ1) is 19.4. The molecular formula is C21H23N3O4. The number of methoxy groups -OCH3 is 2. The van der Waals surface area contributed by atoms with E-state index < -0.39 is 5.91 Å². The number of aryl methyl sites for hydroxylation is 1. The quantitative estimate of drug-likeness (QED) is 0.833. The van der Waals surface area contributed by atoms with Gasteiger partial charge in [0.25, 0.3) is 5.91 Å². The second kappa shape index (κ2) is 8.56. The number of carbonyl (C=O) groups is 2. The van der Waals surface area contributed by atoms with Crippen LogP contribution in [0.15, 0.2) is 47.5 Å². The first-order valence-corrected chi connectivity index (χ1v) is 9.04. The zero-order valence-electron chi connectivity index (χ0n) is 16.1. The summed E-state index contributed by atoms with van der Waals surface area (Å²) in [6.07, 6.45) is 1.18. The van der Waals surface area contributed by atoms with Crippen LogP contribution in [0.4, 0.5) is 0 Å². The maximum atomic E-state index is 12.6. The van der Waals surface area contributed by atoms with E-state index in [1.165, 1.54) is 19.8 Å². The Labute approximate surface area is 163 Å². The number of nitrogens with zero attached hydrogens (tertiary/aromatic N) is 1. The van der Waals surface area contributed by atoms with Gasteiger partial charge in [-0.25, -0.2) is 4.99 Å². The fourth-order valence-electron chi connectivity index (χ4n) is 2.98. The lowest BCUT2D eigenvalue weighted by Crippen LogP contribution is -2.47. The van der Waals surface area contributed by atoms with Crippen LogP contribution in [-0.2, 0) is 11.2 Å². The average molecular weight is 381 g/mol. The Kier molecular flexibility index (Phi) is 5.93. The zero-order chi connectivity index (χ0) is 20.1. The molecule has 7 nitrogen and oxygen atoms in total. The molecule has 2 N–H and O–H groups in total. The van der Waals surface area contributed by atoms with Crippen LogP contribution < -0.4 is 20.1 Å². The van der Waals surface area contributed by atoms with Crippen LogP contribution in [0, 0.1) is 0 Å². The van der Waals surface area contributed by atoms with Crippen molar-refractivity contribution < 1.29 is 19.1 Å². The number of nitrogens with one attached hydrogen (secondary N) is 2. The fourth-order valence-corrected chi connectivity index (χ4v) is 2.98. The van der Waals surface area contributed by atoms with Gasteiger partial charge in [-0.1, -0.05) is 31.2 Å². The van der Waals surface area contributed by atoms with E-state index in [-0.39, 0.29) is 24.3 Å². The van der Waals surface area contributed by atoms with Crippen LogP contribution in [0.1, 0.15) is 40.9 Å². The lowest BCUT2D eigenvalue weighted by atomic mass is 10.0. The molecule has 0 fully saturated rings. The summed E-state index contributed by atoms with van der Waals surface area (Å²) in [6, 6.07) is 12.5. The van der Waals surface area contributed by atoms with Crippen molar-refractivity contribution >= 4 is 17.8 Å². The van der Waals surface area contributed by atoms with Crippen LogP contribution in [0.5, 0.6) is 11.5 Å². The maximum Gasteiger partial charge on any atom is 0.258 e. The molecule has 0 bridgehead atoms. The van der Waals surface area contributed by atoms with Crippen LogP contribution in [0.2, 0.25) is 0 Å². The molecule has 2 aromatic rings. The molecule has 1 heterocycles. The molecule has 0 radical (unpaired) electrons. The molecule has 0 aliphatic carbocycles. The van der Waals surface area contributed by atoms with Gasteiger partial charge in [0.05, 0.1) is 26.7 Å². The Balaban J connectivity index is 1.79. The molecule has 0 saturated heterocycles. The van der Waals surface area contributed by atoms with Gasteiger partial charge < -0.3 is 9.47 Å². The Bertz CT molecular complexity index is 906. The van der Waals surface area contributed by atoms with Gasteiger partial charge in [0, 0.05) is 5.56 Å². The third-order valence-electron chi connectivity index (χ3n) is 4.57. The SMILES string of the molecule is CCc1ccc([C@H]2CC(=O)NC(NC(=O)c3ccc(OC)c(OC)c3)=N2)cc1. The summed E-state index contributed by atoms with van der Waals surface area (Å²) in [5, 5.41) is 5.27. The van der Waals surface area contributed by atoms with Crippen molar-refractivity contribution in [2.45, 2.75) is 25.8 Å². The molecule has 1 aliphatic rings. The lowest BCUT2D eigenvalue weighted by Gasteiger charge is -2.21. The predicted molar refractivity (Wildman–Crippen MR) is 106 cm³/mol. The average Bonchev–Trinajstić information content (AvgIpc) is 2.72.